The molecule has 2 heterocycles. The molecule has 1 aliphatic carbocycles. The van der Waals surface area contributed by atoms with Crippen LogP contribution in [0.15, 0.2) is 48.3 Å². The van der Waals surface area contributed by atoms with Crippen LogP contribution in [0.3, 0.4) is 0 Å². The second-order valence-electron chi connectivity index (χ2n) is 5.62. The van der Waals surface area contributed by atoms with Gasteiger partial charge in [0.1, 0.15) is 18.8 Å². The maximum Gasteiger partial charge on any atom is 0.160 e. The van der Waals surface area contributed by atoms with E-state index in [0.717, 1.165) is 44.5 Å². The first kappa shape index (κ1) is 14.0. The molecule has 0 spiro atoms. The zero-order valence-corrected chi connectivity index (χ0v) is 12.1. The minimum atomic E-state index is 0.0797. The maximum atomic E-state index is 9.23. The van der Waals surface area contributed by atoms with Crippen LogP contribution in [-0.4, -0.2) is 24.0 Å². The van der Waals surface area contributed by atoms with Gasteiger partial charge in [-0.15, -0.1) is 0 Å². The molecule has 3 aliphatic rings. The Bertz CT molecular complexity index is 539. The summed E-state index contributed by atoms with van der Waals surface area (Å²) in [6.45, 7) is 1.79. The molecule has 1 saturated heterocycles. The van der Waals surface area contributed by atoms with Crippen LogP contribution in [0.25, 0.3) is 0 Å². The van der Waals surface area contributed by atoms with Gasteiger partial charge < -0.3 is 9.47 Å². The molecule has 3 rings (SSSR count). The Morgan fingerprint density at radius 1 is 1.38 bits per heavy atom. The van der Waals surface area contributed by atoms with E-state index in [1.54, 1.807) is 12.5 Å². The lowest BCUT2D eigenvalue weighted by Crippen LogP contribution is -2.45. The van der Waals surface area contributed by atoms with Crippen molar-refractivity contribution in [2.24, 2.45) is 5.92 Å². The van der Waals surface area contributed by atoms with Crippen LogP contribution >= 0.6 is 0 Å². The fourth-order valence-corrected chi connectivity index (χ4v) is 3.19. The van der Waals surface area contributed by atoms with Gasteiger partial charge in [0.15, 0.2) is 5.76 Å². The number of nitriles is 1. The third-order valence-corrected chi connectivity index (χ3v) is 4.19. The van der Waals surface area contributed by atoms with Crippen LogP contribution < -0.4 is 0 Å². The summed E-state index contributed by atoms with van der Waals surface area (Å²) in [6, 6.07) is 2.49. The molecular weight excluding hydrogens is 264 g/mol. The molecule has 0 aromatic rings. The summed E-state index contributed by atoms with van der Waals surface area (Å²) in [5, 5.41) is 9.23. The Hall–Kier alpha value is -1.99. The lowest BCUT2D eigenvalue weighted by Gasteiger charge is -2.38. The minimum Gasteiger partial charge on any atom is -0.466 e. The molecule has 0 N–H and O–H groups in total. The highest BCUT2D eigenvalue weighted by atomic mass is 16.5. The average molecular weight is 284 g/mol. The van der Waals surface area contributed by atoms with Crippen LogP contribution in [0.4, 0.5) is 0 Å². The number of nitrogens with zero attached hydrogens (tertiary/aromatic N) is 2. The van der Waals surface area contributed by atoms with Crippen molar-refractivity contribution < 1.29 is 9.47 Å². The topological polar surface area (TPSA) is 45.5 Å². The molecule has 0 aromatic heterocycles. The highest BCUT2D eigenvalue weighted by Crippen LogP contribution is 2.30. The third-order valence-electron chi connectivity index (χ3n) is 4.19. The normalized spacial score (nSPS) is 26.9. The minimum absolute atomic E-state index is 0.0797. The van der Waals surface area contributed by atoms with E-state index in [0.29, 0.717) is 0 Å². The molecule has 4 nitrogen and oxygen atoms in total. The Balaban J connectivity index is 1.85. The van der Waals surface area contributed by atoms with E-state index in [4.69, 9.17) is 9.47 Å². The number of ether oxygens (including phenoxy) is 2. The van der Waals surface area contributed by atoms with E-state index < -0.39 is 0 Å². The first-order chi connectivity index (χ1) is 10.4. The zero-order chi connectivity index (χ0) is 14.5. The molecule has 0 bridgehead atoms. The molecule has 0 saturated carbocycles. The largest absolute Gasteiger partial charge is 0.466 e. The standard InChI is InChI=1S/C17H20N2O2/c18-11-14-5-4-8-19(12-14)17(15-6-2-1-3-7-15)16-13-20-9-10-21-16/h1-2,6,9-10,13-14,17H,3-5,7-8,12H2. The van der Waals surface area contributed by atoms with Gasteiger partial charge in [-0.3, -0.25) is 4.90 Å². The van der Waals surface area contributed by atoms with Gasteiger partial charge in [-0.05, 0) is 37.8 Å². The van der Waals surface area contributed by atoms with Gasteiger partial charge in [-0.1, -0.05) is 18.2 Å². The van der Waals surface area contributed by atoms with E-state index in [-0.39, 0.29) is 12.0 Å². The molecule has 0 amide bonds. The zero-order valence-electron chi connectivity index (χ0n) is 12.1. The van der Waals surface area contributed by atoms with Gasteiger partial charge in [0.2, 0.25) is 0 Å². The smallest absolute Gasteiger partial charge is 0.160 e. The number of hydrogen-bond donors (Lipinski definition) is 0. The molecule has 21 heavy (non-hydrogen) atoms. The molecule has 0 radical (unpaired) electrons. The SMILES string of the molecule is N#CC1CCCN(C(C2=CC=CCC2)C2=COC=CO2)C1. The molecule has 110 valence electrons. The van der Waals surface area contributed by atoms with Gasteiger partial charge in [-0.25, -0.2) is 0 Å². The van der Waals surface area contributed by atoms with Gasteiger partial charge in [0.25, 0.3) is 0 Å². The second-order valence-corrected chi connectivity index (χ2v) is 5.62. The van der Waals surface area contributed by atoms with Crippen molar-refractivity contribution >= 4 is 0 Å². The summed E-state index contributed by atoms with van der Waals surface area (Å²) in [5.41, 5.74) is 1.33. The average Bonchev–Trinajstić information content (AvgIpc) is 2.57. The van der Waals surface area contributed by atoms with Gasteiger partial charge >= 0.3 is 0 Å². The van der Waals surface area contributed by atoms with E-state index in [1.165, 1.54) is 11.8 Å². The molecule has 2 unspecified atom stereocenters. The summed E-state index contributed by atoms with van der Waals surface area (Å²) in [5.74, 6) is 0.930. The maximum absolute atomic E-state index is 9.23. The van der Waals surface area contributed by atoms with Gasteiger partial charge in [0, 0.05) is 6.54 Å². The summed E-state index contributed by atoms with van der Waals surface area (Å²) in [4.78, 5) is 2.36. The second kappa shape index (κ2) is 6.64. The summed E-state index contributed by atoms with van der Waals surface area (Å²) >= 11 is 0. The first-order valence-corrected chi connectivity index (χ1v) is 7.55. The predicted octanol–water partition coefficient (Wildman–Crippen LogP) is 3.23. The molecule has 4 heteroatoms. The molecular formula is C17H20N2O2. The summed E-state index contributed by atoms with van der Waals surface area (Å²) in [7, 11) is 0. The Kier molecular flexibility index (Phi) is 4.42. The summed E-state index contributed by atoms with van der Waals surface area (Å²) < 4.78 is 11.0. The van der Waals surface area contributed by atoms with Crippen LogP contribution in [0.5, 0.6) is 0 Å². The van der Waals surface area contributed by atoms with Crippen molar-refractivity contribution in [3.05, 3.63) is 48.3 Å². The van der Waals surface area contributed by atoms with E-state index in [1.807, 2.05) is 0 Å². The fourth-order valence-electron chi connectivity index (χ4n) is 3.19. The number of rotatable bonds is 3. The van der Waals surface area contributed by atoms with Crippen LogP contribution in [0, 0.1) is 17.2 Å². The highest BCUT2D eigenvalue weighted by Gasteiger charge is 2.32. The predicted molar refractivity (Wildman–Crippen MR) is 79.5 cm³/mol. The van der Waals surface area contributed by atoms with E-state index in [9.17, 15) is 5.26 Å². The van der Waals surface area contributed by atoms with Crippen molar-refractivity contribution in [2.45, 2.75) is 31.7 Å². The Labute approximate surface area is 125 Å². The number of allylic oxidation sites excluding steroid dienone is 3. The Morgan fingerprint density at radius 3 is 3.05 bits per heavy atom. The fraction of sp³-hybridized carbons (Fsp3) is 0.471. The van der Waals surface area contributed by atoms with Crippen molar-refractivity contribution in [1.82, 2.24) is 4.90 Å². The van der Waals surface area contributed by atoms with Crippen LogP contribution in [0.2, 0.25) is 0 Å². The van der Waals surface area contributed by atoms with E-state index >= 15 is 0 Å². The Morgan fingerprint density at radius 2 is 2.33 bits per heavy atom. The van der Waals surface area contributed by atoms with E-state index in [2.05, 4.69) is 29.2 Å². The van der Waals surface area contributed by atoms with Crippen LogP contribution in [0.1, 0.15) is 25.7 Å². The van der Waals surface area contributed by atoms with Gasteiger partial charge in [0.05, 0.1) is 18.0 Å². The lowest BCUT2D eigenvalue weighted by molar-refractivity contribution is 0.127. The number of piperidine rings is 1. The number of likely N-dealkylation sites (tertiary alicyclic amines) is 1. The van der Waals surface area contributed by atoms with Crippen LogP contribution in [-0.2, 0) is 9.47 Å². The summed E-state index contributed by atoms with van der Waals surface area (Å²) in [6.07, 6.45) is 15.4. The molecule has 0 aromatic carbocycles. The monoisotopic (exact) mass is 284 g/mol. The van der Waals surface area contributed by atoms with Crippen molar-refractivity contribution in [2.75, 3.05) is 13.1 Å². The third kappa shape index (κ3) is 3.20. The first-order valence-electron chi connectivity index (χ1n) is 7.55. The van der Waals surface area contributed by atoms with Crippen molar-refractivity contribution in [1.29, 1.82) is 5.26 Å². The van der Waals surface area contributed by atoms with Gasteiger partial charge in [-0.2, -0.15) is 5.26 Å². The number of hydrogen-bond acceptors (Lipinski definition) is 4. The molecule has 1 fully saturated rings. The molecule has 2 atom stereocenters. The lowest BCUT2D eigenvalue weighted by atomic mass is 9.91. The van der Waals surface area contributed by atoms with Crippen molar-refractivity contribution in [3.8, 4) is 6.07 Å². The molecule has 2 aliphatic heterocycles. The van der Waals surface area contributed by atoms with Crippen molar-refractivity contribution in [3.63, 3.8) is 0 Å². The highest BCUT2D eigenvalue weighted by molar-refractivity contribution is 5.30. The quantitative estimate of drug-likeness (QED) is 0.798.